The smallest absolute Gasteiger partial charge is 0.343 e. The lowest BCUT2D eigenvalue weighted by molar-refractivity contribution is -0.0485. The van der Waals surface area contributed by atoms with Crippen LogP contribution in [0.1, 0.15) is 55.8 Å². The number of hydrogen-bond donors (Lipinski definition) is 0. The van der Waals surface area contributed by atoms with Crippen molar-refractivity contribution < 1.29 is 18.7 Å². The summed E-state index contributed by atoms with van der Waals surface area (Å²) in [7, 11) is 0. The molecule has 3 nitrogen and oxygen atoms in total. The first kappa shape index (κ1) is 19.3. The Morgan fingerprint density at radius 3 is 2.58 bits per heavy atom. The zero-order chi connectivity index (χ0) is 21.2. The van der Waals surface area contributed by atoms with E-state index in [1.165, 1.54) is 43.9 Å². The van der Waals surface area contributed by atoms with E-state index in [1.54, 1.807) is 12.1 Å². The highest BCUT2D eigenvalue weighted by atomic mass is 19.1. The van der Waals surface area contributed by atoms with Crippen LogP contribution >= 0.6 is 0 Å². The Bertz CT molecular complexity index is 1000. The molecule has 6 rings (SSSR count). The van der Waals surface area contributed by atoms with E-state index in [1.807, 2.05) is 18.2 Å². The van der Waals surface area contributed by atoms with E-state index >= 15 is 0 Å². The Labute approximate surface area is 182 Å². The molecule has 0 radical (unpaired) electrons. The fraction of sp³-hybridized carbons (Fsp3) is 0.519. The van der Waals surface area contributed by atoms with Crippen LogP contribution < -0.4 is 9.47 Å². The monoisotopic (exact) mass is 420 g/mol. The van der Waals surface area contributed by atoms with Crippen LogP contribution in [0.15, 0.2) is 48.5 Å². The second-order valence-electron chi connectivity index (χ2n) is 10.2. The standard InChI is InChI=1S/C27H29FO3/c1-2-27(15-19-13-21(27)25-17-9-8-16(12-17)24(19)25)31-23-14-18(10-11-22(23)28)26(29)30-20-6-4-3-5-7-20/h3-7,10-11,14,16-17,19,21,24-25H,2,8-9,12-13,15H2,1H3. The molecule has 0 aliphatic heterocycles. The van der Waals surface area contributed by atoms with Crippen molar-refractivity contribution in [3.05, 3.63) is 59.9 Å². The van der Waals surface area contributed by atoms with Crippen molar-refractivity contribution in [2.24, 2.45) is 35.5 Å². The Balaban J connectivity index is 1.26. The zero-order valence-corrected chi connectivity index (χ0v) is 17.9. The predicted molar refractivity (Wildman–Crippen MR) is 115 cm³/mol. The molecule has 2 aromatic carbocycles. The second kappa shape index (κ2) is 7.08. The lowest BCUT2D eigenvalue weighted by Gasteiger charge is -2.46. The van der Waals surface area contributed by atoms with Gasteiger partial charge in [0.05, 0.1) is 5.56 Å². The topological polar surface area (TPSA) is 35.5 Å². The van der Waals surface area contributed by atoms with Crippen LogP contribution in [-0.2, 0) is 0 Å². The van der Waals surface area contributed by atoms with Gasteiger partial charge in [0, 0.05) is 5.92 Å². The zero-order valence-electron chi connectivity index (χ0n) is 17.9. The van der Waals surface area contributed by atoms with Gasteiger partial charge in [-0.1, -0.05) is 25.1 Å². The number of ether oxygens (including phenoxy) is 2. The molecular formula is C27H29FO3. The minimum atomic E-state index is -0.497. The number of para-hydroxylation sites is 1. The third kappa shape index (κ3) is 2.94. The van der Waals surface area contributed by atoms with E-state index in [-0.39, 0.29) is 11.4 Å². The molecule has 4 bridgehead atoms. The maximum absolute atomic E-state index is 14.8. The number of benzene rings is 2. The molecule has 0 heterocycles. The highest BCUT2D eigenvalue weighted by molar-refractivity contribution is 5.91. The van der Waals surface area contributed by atoms with Crippen molar-refractivity contribution in [1.29, 1.82) is 0 Å². The number of halogens is 1. The lowest BCUT2D eigenvalue weighted by Crippen LogP contribution is -2.48. The van der Waals surface area contributed by atoms with Crippen LogP contribution in [0.25, 0.3) is 0 Å². The van der Waals surface area contributed by atoms with Crippen LogP contribution in [-0.4, -0.2) is 11.6 Å². The fourth-order valence-electron chi connectivity index (χ4n) is 7.88. The Morgan fingerprint density at radius 2 is 1.81 bits per heavy atom. The summed E-state index contributed by atoms with van der Waals surface area (Å²) in [6.07, 6.45) is 7.31. The molecule has 4 fully saturated rings. The van der Waals surface area contributed by atoms with Gasteiger partial charge in [-0.15, -0.1) is 0 Å². The van der Waals surface area contributed by atoms with Crippen molar-refractivity contribution in [2.45, 2.75) is 51.0 Å². The van der Waals surface area contributed by atoms with Gasteiger partial charge in [0.1, 0.15) is 11.4 Å². The highest BCUT2D eigenvalue weighted by Gasteiger charge is 2.67. The summed E-state index contributed by atoms with van der Waals surface area (Å²) < 4.78 is 26.8. The third-order valence-corrected chi connectivity index (χ3v) is 8.93. The van der Waals surface area contributed by atoms with Crippen molar-refractivity contribution in [3.8, 4) is 11.5 Å². The van der Waals surface area contributed by atoms with Crippen molar-refractivity contribution in [1.82, 2.24) is 0 Å². The molecule has 0 amide bonds. The first-order chi connectivity index (χ1) is 15.1. The summed E-state index contributed by atoms with van der Waals surface area (Å²) in [6.45, 7) is 2.17. The SMILES string of the molecule is CCC1(Oc2cc(C(=O)Oc3ccccc3)ccc2F)CC2CC1C1C3CCC(C3)C21. The van der Waals surface area contributed by atoms with Crippen LogP contribution in [0.4, 0.5) is 4.39 Å². The molecule has 7 atom stereocenters. The first-order valence-electron chi connectivity index (χ1n) is 11.8. The Kier molecular flexibility index (Phi) is 4.42. The average Bonchev–Trinajstić information content (AvgIpc) is 3.55. The molecule has 0 aromatic heterocycles. The molecule has 4 saturated carbocycles. The van der Waals surface area contributed by atoms with Crippen LogP contribution in [0.5, 0.6) is 11.5 Å². The molecule has 4 heteroatoms. The summed E-state index contributed by atoms with van der Waals surface area (Å²) in [5.41, 5.74) is 0.00603. The van der Waals surface area contributed by atoms with Gasteiger partial charge in [-0.3, -0.25) is 0 Å². The molecule has 162 valence electrons. The van der Waals surface area contributed by atoms with Crippen molar-refractivity contribution in [2.75, 3.05) is 0 Å². The summed E-state index contributed by atoms with van der Waals surface area (Å²) in [5.74, 6) is 4.40. The Hall–Kier alpha value is -2.36. The minimum absolute atomic E-state index is 0.191. The van der Waals surface area contributed by atoms with E-state index in [0.29, 0.717) is 17.2 Å². The molecule has 4 aliphatic carbocycles. The number of rotatable bonds is 5. The molecule has 0 N–H and O–H groups in total. The summed E-state index contributed by atoms with van der Waals surface area (Å²) in [4.78, 5) is 12.6. The van der Waals surface area contributed by atoms with Gasteiger partial charge in [-0.25, -0.2) is 9.18 Å². The number of fused-ring (bicyclic) bond motifs is 9. The predicted octanol–water partition coefficient (Wildman–Crippen LogP) is 6.27. The number of esters is 1. The maximum Gasteiger partial charge on any atom is 0.343 e. The van der Waals surface area contributed by atoms with Gasteiger partial charge in [0.2, 0.25) is 0 Å². The summed E-state index contributed by atoms with van der Waals surface area (Å²) in [5, 5.41) is 0. The third-order valence-electron chi connectivity index (χ3n) is 8.93. The van der Waals surface area contributed by atoms with E-state index in [4.69, 9.17) is 9.47 Å². The van der Waals surface area contributed by atoms with Gasteiger partial charge < -0.3 is 9.47 Å². The van der Waals surface area contributed by atoms with Crippen molar-refractivity contribution in [3.63, 3.8) is 0 Å². The largest absolute Gasteiger partial charge is 0.484 e. The molecule has 2 aromatic rings. The average molecular weight is 421 g/mol. The first-order valence-corrected chi connectivity index (χ1v) is 11.8. The molecule has 31 heavy (non-hydrogen) atoms. The Morgan fingerprint density at radius 1 is 1.03 bits per heavy atom. The number of carbonyl (C=O) groups excluding carboxylic acids is 1. The lowest BCUT2D eigenvalue weighted by atomic mass is 9.65. The molecule has 4 aliphatic rings. The van der Waals surface area contributed by atoms with E-state index in [2.05, 4.69) is 6.92 Å². The van der Waals surface area contributed by atoms with E-state index in [0.717, 1.165) is 42.4 Å². The van der Waals surface area contributed by atoms with Gasteiger partial charge in [-0.2, -0.15) is 0 Å². The number of carbonyl (C=O) groups is 1. The fourth-order valence-corrected chi connectivity index (χ4v) is 7.88. The van der Waals surface area contributed by atoms with Gasteiger partial charge in [0.15, 0.2) is 11.6 Å². The van der Waals surface area contributed by atoms with Crippen LogP contribution in [0.2, 0.25) is 0 Å². The van der Waals surface area contributed by atoms with Gasteiger partial charge in [-0.05, 0) is 98.4 Å². The summed E-state index contributed by atoms with van der Waals surface area (Å²) >= 11 is 0. The molecular weight excluding hydrogens is 391 g/mol. The summed E-state index contributed by atoms with van der Waals surface area (Å²) in [6, 6.07) is 13.3. The normalized spacial score (nSPS) is 37.1. The van der Waals surface area contributed by atoms with Gasteiger partial charge in [0.25, 0.3) is 0 Å². The number of hydrogen-bond acceptors (Lipinski definition) is 3. The second-order valence-corrected chi connectivity index (χ2v) is 10.2. The quantitative estimate of drug-likeness (QED) is 0.325. The molecule has 0 spiro atoms. The van der Waals surface area contributed by atoms with Crippen molar-refractivity contribution >= 4 is 5.97 Å². The molecule has 0 saturated heterocycles. The van der Waals surface area contributed by atoms with E-state index < -0.39 is 11.8 Å². The molecule has 7 unspecified atom stereocenters. The minimum Gasteiger partial charge on any atom is -0.484 e. The maximum atomic E-state index is 14.8. The highest BCUT2D eigenvalue weighted by Crippen LogP contribution is 2.70. The van der Waals surface area contributed by atoms with Crippen LogP contribution in [0, 0.1) is 41.3 Å². The van der Waals surface area contributed by atoms with Crippen LogP contribution in [0.3, 0.4) is 0 Å². The van der Waals surface area contributed by atoms with Gasteiger partial charge >= 0.3 is 5.97 Å². The van der Waals surface area contributed by atoms with E-state index in [9.17, 15) is 9.18 Å².